The molecule has 1 saturated heterocycles. The zero-order valence-corrected chi connectivity index (χ0v) is 18.5. The highest BCUT2D eigenvalue weighted by Crippen LogP contribution is 2.26. The molecule has 30 heavy (non-hydrogen) atoms. The van der Waals surface area contributed by atoms with Crippen molar-refractivity contribution < 1.29 is 4.79 Å². The lowest BCUT2D eigenvalue weighted by atomic mass is 9.95. The summed E-state index contributed by atoms with van der Waals surface area (Å²) < 4.78 is 2.34. The summed E-state index contributed by atoms with van der Waals surface area (Å²) in [5.74, 6) is 1.34. The molecular formula is C25H32N4O. The Morgan fingerprint density at radius 2 is 1.83 bits per heavy atom. The Bertz CT molecular complexity index is 1040. The van der Waals surface area contributed by atoms with E-state index in [0.717, 1.165) is 55.1 Å². The highest BCUT2D eigenvalue weighted by molar-refractivity contribution is 5.93. The van der Waals surface area contributed by atoms with Crippen LogP contribution in [0.3, 0.4) is 0 Å². The zero-order valence-electron chi connectivity index (χ0n) is 18.5. The van der Waals surface area contributed by atoms with Crippen LogP contribution in [0.5, 0.6) is 0 Å². The lowest BCUT2D eigenvalue weighted by Gasteiger charge is -2.31. The Kier molecular flexibility index (Phi) is 5.91. The zero-order chi connectivity index (χ0) is 21.3. The quantitative estimate of drug-likeness (QED) is 0.645. The van der Waals surface area contributed by atoms with E-state index < -0.39 is 0 Å². The van der Waals surface area contributed by atoms with Crippen LogP contribution in [0, 0.1) is 19.8 Å². The number of piperidine rings is 1. The van der Waals surface area contributed by atoms with Gasteiger partial charge in [0, 0.05) is 17.6 Å². The number of amides is 1. The number of anilines is 1. The maximum absolute atomic E-state index is 12.8. The molecule has 0 aliphatic carbocycles. The van der Waals surface area contributed by atoms with Crippen LogP contribution in [0.2, 0.25) is 0 Å². The van der Waals surface area contributed by atoms with Gasteiger partial charge in [-0.1, -0.05) is 24.3 Å². The maximum atomic E-state index is 12.8. The lowest BCUT2D eigenvalue weighted by molar-refractivity contribution is -0.121. The lowest BCUT2D eigenvalue weighted by Crippen LogP contribution is -2.38. The fourth-order valence-electron chi connectivity index (χ4n) is 4.46. The van der Waals surface area contributed by atoms with E-state index in [1.807, 2.05) is 18.2 Å². The van der Waals surface area contributed by atoms with Crippen LogP contribution in [-0.4, -0.2) is 33.4 Å². The number of fused-ring (bicyclic) bond motifs is 1. The average Bonchev–Trinajstić information content (AvgIpc) is 3.10. The molecule has 1 N–H and O–H groups in total. The Labute approximate surface area is 179 Å². The summed E-state index contributed by atoms with van der Waals surface area (Å²) in [5, 5.41) is 3.15. The molecule has 0 bridgehead atoms. The number of rotatable bonds is 5. The van der Waals surface area contributed by atoms with Crippen molar-refractivity contribution in [2.75, 3.05) is 18.4 Å². The Balaban J connectivity index is 1.39. The number of carbonyl (C=O) groups excluding carboxylic acids is 1. The number of hydrogen-bond donors (Lipinski definition) is 1. The Morgan fingerprint density at radius 3 is 2.57 bits per heavy atom. The molecule has 4 rings (SSSR count). The predicted molar refractivity (Wildman–Crippen MR) is 123 cm³/mol. The first-order valence-corrected chi connectivity index (χ1v) is 11.0. The third-order valence-corrected chi connectivity index (χ3v) is 6.37. The second-order valence-electron chi connectivity index (χ2n) is 8.77. The number of likely N-dealkylation sites (tertiary alicyclic amines) is 1. The van der Waals surface area contributed by atoms with Crippen molar-refractivity contribution in [3.63, 3.8) is 0 Å². The van der Waals surface area contributed by atoms with Gasteiger partial charge in [-0.3, -0.25) is 9.69 Å². The average molecular weight is 405 g/mol. The third-order valence-electron chi connectivity index (χ3n) is 6.37. The molecule has 5 heteroatoms. The van der Waals surface area contributed by atoms with E-state index in [1.165, 1.54) is 11.1 Å². The molecule has 0 atom stereocenters. The van der Waals surface area contributed by atoms with Gasteiger partial charge in [-0.05, 0) is 83.0 Å². The van der Waals surface area contributed by atoms with E-state index in [2.05, 4.69) is 66.7 Å². The summed E-state index contributed by atoms with van der Waals surface area (Å²) in [7, 11) is 0. The SMILES string of the molecule is Cc1cccc(NC(=O)C2CCN(Cc3nc4ccccc4n3C(C)C)CC2)c1C. The molecule has 1 amide bonds. The molecule has 0 spiro atoms. The summed E-state index contributed by atoms with van der Waals surface area (Å²) in [6.07, 6.45) is 1.78. The summed E-state index contributed by atoms with van der Waals surface area (Å²) in [5.41, 5.74) is 5.55. The number of nitrogens with one attached hydrogen (secondary N) is 1. The van der Waals surface area contributed by atoms with Gasteiger partial charge in [0.05, 0.1) is 17.6 Å². The maximum Gasteiger partial charge on any atom is 0.227 e. The van der Waals surface area contributed by atoms with E-state index in [9.17, 15) is 4.79 Å². The van der Waals surface area contributed by atoms with Gasteiger partial charge in [0.15, 0.2) is 0 Å². The highest BCUT2D eigenvalue weighted by atomic mass is 16.1. The van der Waals surface area contributed by atoms with Crippen LogP contribution in [-0.2, 0) is 11.3 Å². The summed E-state index contributed by atoms with van der Waals surface area (Å²) >= 11 is 0. The Morgan fingerprint density at radius 1 is 1.10 bits per heavy atom. The summed E-state index contributed by atoms with van der Waals surface area (Å²) in [4.78, 5) is 20.1. The van der Waals surface area contributed by atoms with E-state index in [4.69, 9.17) is 4.98 Å². The molecule has 0 saturated carbocycles. The van der Waals surface area contributed by atoms with Gasteiger partial charge in [0.2, 0.25) is 5.91 Å². The van der Waals surface area contributed by atoms with Gasteiger partial charge in [0.1, 0.15) is 5.82 Å². The number of benzene rings is 2. The fourth-order valence-corrected chi connectivity index (χ4v) is 4.46. The molecule has 2 heterocycles. The third kappa shape index (κ3) is 4.12. The van der Waals surface area contributed by atoms with Crippen molar-refractivity contribution in [2.24, 2.45) is 5.92 Å². The minimum atomic E-state index is 0.0741. The molecule has 1 fully saturated rings. The van der Waals surface area contributed by atoms with E-state index >= 15 is 0 Å². The highest BCUT2D eigenvalue weighted by Gasteiger charge is 2.26. The van der Waals surface area contributed by atoms with Crippen molar-refractivity contribution in [3.8, 4) is 0 Å². The van der Waals surface area contributed by atoms with E-state index in [-0.39, 0.29) is 11.8 Å². The molecule has 1 aliphatic rings. The molecule has 5 nitrogen and oxygen atoms in total. The molecule has 1 aliphatic heterocycles. The van der Waals surface area contributed by atoms with Gasteiger partial charge in [-0.15, -0.1) is 0 Å². The van der Waals surface area contributed by atoms with Gasteiger partial charge < -0.3 is 9.88 Å². The van der Waals surface area contributed by atoms with Crippen LogP contribution in [0.4, 0.5) is 5.69 Å². The topological polar surface area (TPSA) is 50.2 Å². The first-order valence-electron chi connectivity index (χ1n) is 11.0. The number of aryl methyl sites for hydroxylation is 1. The van der Waals surface area contributed by atoms with Crippen LogP contribution < -0.4 is 5.32 Å². The van der Waals surface area contributed by atoms with Crippen LogP contribution in [0.1, 0.15) is 49.7 Å². The molecule has 3 aromatic rings. The normalized spacial score (nSPS) is 15.8. The van der Waals surface area contributed by atoms with Crippen LogP contribution in [0.25, 0.3) is 11.0 Å². The van der Waals surface area contributed by atoms with E-state index in [1.54, 1.807) is 0 Å². The Hall–Kier alpha value is -2.66. The molecular weight excluding hydrogens is 372 g/mol. The van der Waals surface area contributed by atoms with Crippen molar-refractivity contribution in [1.29, 1.82) is 0 Å². The van der Waals surface area contributed by atoms with Crippen molar-refractivity contribution in [1.82, 2.24) is 14.5 Å². The molecule has 1 aromatic heterocycles. The van der Waals surface area contributed by atoms with Crippen molar-refractivity contribution in [2.45, 2.75) is 53.1 Å². The first-order chi connectivity index (χ1) is 14.4. The second kappa shape index (κ2) is 8.60. The van der Waals surface area contributed by atoms with Crippen molar-refractivity contribution >= 4 is 22.6 Å². The summed E-state index contributed by atoms with van der Waals surface area (Å²) in [6.45, 7) is 11.2. The second-order valence-corrected chi connectivity index (χ2v) is 8.77. The minimum absolute atomic E-state index is 0.0741. The number of hydrogen-bond acceptors (Lipinski definition) is 3. The standard InChI is InChI=1S/C25H32N4O/c1-17(2)29-23-11-6-5-9-22(23)26-24(29)16-28-14-12-20(13-15-28)25(30)27-21-10-7-8-18(3)19(21)4/h5-11,17,20H,12-16H2,1-4H3,(H,27,30). The fraction of sp³-hybridized carbons (Fsp3) is 0.440. The minimum Gasteiger partial charge on any atom is -0.326 e. The predicted octanol–water partition coefficient (Wildman–Crippen LogP) is 5.08. The first kappa shape index (κ1) is 20.6. The number of nitrogens with zero attached hydrogens (tertiary/aromatic N) is 3. The van der Waals surface area contributed by atoms with Crippen molar-refractivity contribution in [3.05, 3.63) is 59.4 Å². The smallest absolute Gasteiger partial charge is 0.227 e. The van der Waals surface area contributed by atoms with Gasteiger partial charge in [-0.2, -0.15) is 0 Å². The number of carbonyl (C=O) groups is 1. The van der Waals surface area contributed by atoms with Gasteiger partial charge in [0.25, 0.3) is 0 Å². The number of aromatic nitrogens is 2. The number of para-hydroxylation sites is 2. The van der Waals surface area contributed by atoms with Gasteiger partial charge >= 0.3 is 0 Å². The largest absolute Gasteiger partial charge is 0.326 e. The molecule has 158 valence electrons. The molecule has 0 radical (unpaired) electrons. The molecule has 0 unspecified atom stereocenters. The van der Waals surface area contributed by atoms with Crippen LogP contribution >= 0.6 is 0 Å². The summed E-state index contributed by atoms with van der Waals surface area (Å²) in [6, 6.07) is 14.8. The van der Waals surface area contributed by atoms with Gasteiger partial charge in [-0.25, -0.2) is 4.98 Å². The van der Waals surface area contributed by atoms with Crippen LogP contribution in [0.15, 0.2) is 42.5 Å². The number of imidazole rings is 1. The molecule has 2 aromatic carbocycles. The van der Waals surface area contributed by atoms with E-state index in [0.29, 0.717) is 6.04 Å². The monoisotopic (exact) mass is 404 g/mol.